The minimum Gasteiger partial charge on any atom is -0.362 e. The number of sulfonamides is 1. The molecule has 1 aliphatic rings. The smallest absolute Gasteiger partial charge is 0.240 e. The molecule has 0 spiro atoms. The van der Waals surface area contributed by atoms with Crippen molar-refractivity contribution in [2.75, 3.05) is 18.0 Å². The maximum atomic E-state index is 12.6. The van der Waals surface area contributed by atoms with Crippen LogP contribution >= 0.6 is 11.3 Å². The fourth-order valence-corrected chi connectivity index (χ4v) is 5.30. The molecule has 0 amide bonds. The average molecular weight is 385 g/mol. The topological polar surface area (TPSA) is 49.4 Å². The first-order valence-electron chi connectivity index (χ1n) is 8.58. The van der Waals surface area contributed by atoms with Crippen LogP contribution in [0.1, 0.15) is 16.5 Å². The third-order valence-corrected chi connectivity index (χ3v) is 7.10. The maximum Gasteiger partial charge on any atom is 0.240 e. The van der Waals surface area contributed by atoms with E-state index in [1.165, 1.54) is 11.3 Å². The molecule has 0 aliphatic carbocycles. The van der Waals surface area contributed by atoms with E-state index in [0.717, 1.165) is 17.8 Å². The van der Waals surface area contributed by atoms with Gasteiger partial charge in [0.05, 0.1) is 10.9 Å². The predicted molar refractivity (Wildman–Crippen MR) is 106 cm³/mol. The minimum absolute atomic E-state index is 0.0165. The van der Waals surface area contributed by atoms with Crippen LogP contribution in [-0.4, -0.2) is 21.5 Å². The van der Waals surface area contributed by atoms with Crippen molar-refractivity contribution in [3.05, 3.63) is 82.6 Å². The highest BCUT2D eigenvalue weighted by atomic mass is 32.2. The molecule has 0 radical (unpaired) electrons. The second-order valence-electron chi connectivity index (χ2n) is 6.27. The van der Waals surface area contributed by atoms with Gasteiger partial charge in [-0.15, -0.1) is 11.3 Å². The quantitative estimate of drug-likeness (QED) is 0.703. The Hall–Kier alpha value is -2.15. The van der Waals surface area contributed by atoms with Gasteiger partial charge in [-0.1, -0.05) is 42.5 Å². The Kier molecular flexibility index (Phi) is 4.80. The van der Waals surface area contributed by atoms with E-state index in [9.17, 15) is 8.42 Å². The number of hydrogen-bond donors (Lipinski definition) is 1. The summed E-state index contributed by atoms with van der Waals surface area (Å²) in [5.41, 5.74) is 2.52. The number of fused-ring (bicyclic) bond motifs is 1. The molecule has 0 fully saturated rings. The Bertz CT molecular complexity index is 970. The van der Waals surface area contributed by atoms with E-state index in [1.54, 1.807) is 35.6 Å². The molecule has 0 unspecified atom stereocenters. The molecule has 1 N–H and O–H groups in total. The Morgan fingerprint density at radius 2 is 1.77 bits per heavy atom. The monoisotopic (exact) mass is 384 g/mol. The number of para-hydroxylation sites is 1. The zero-order chi connectivity index (χ0) is 18.0. The standard InChI is InChI=1S/C20H20N2O2S2/c23-26(24,17-8-2-1-3-9-17)21-15-19(20-11-6-14-25-20)22-13-12-16-7-4-5-10-18(16)22/h1-11,14,19,21H,12-13,15H2/t19-/m1/s1. The lowest BCUT2D eigenvalue weighted by molar-refractivity contribution is 0.565. The van der Waals surface area contributed by atoms with Crippen molar-refractivity contribution in [1.29, 1.82) is 0 Å². The summed E-state index contributed by atoms with van der Waals surface area (Å²) in [4.78, 5) is 3.78. The number of nitrogens with zero attached hydrogens (tertiary/aromatic N) is 1. The number of rotatable bonds is 6. The first-order valence-corrected chi connectivity index (χ1v) is 10.9. The van der Waals surface area contributed by atoms with E-state index in [2.05, 4.69) is 33.9 Å². The highest BCUT2D eigenvalue weighted by Crippen LogP contribution is 2.36. The molecule has 0 bridgehead atoms. The third kappa shape index (κ3) is 3.40. The van der Waals surface area contributed by atoms with Gasteiger partial charge in [0.25, 0.3) is 0 Å². The molecule has 2 aromatic carbocycles. The molecule has 1 aromatic heterocycles. The van der Waals surface area contributed by atoms with Gasteiger partial charge in [0.15, 0.2) is 0 Å². The van der Waals surface area contributed by atoms with E-state index in [1.807, 2.05) is 23.6 Å². The molecule has 26 heavy (non-hydrogen) atoms. The molecule has 2 heterocycles. The Balaban J connectivity index is 1.60. The van der Waals surface area contributed by atoms with E-state index >= 15 is 0 Å². The first kappa shape index (κ1) is 17.3. The second-order valence-corrected chi connectivity index (χ2v) is 9.01. The van der Waals surface area contributed by atoms with Crippen LogP contribution in [0, 0.1) is 0 Å². The van der Waals surface area contributed by atoms with Crippen LogP contribution in [0.15, 0.2) is 77.0 Å². The van der Waals surface area contributed by atoms with E-state index in [4.69, 9.17) is 0 Å². The minimum atomic E-state index is -3.53. The molecule has 1 aliphatic heterocycles. The van der Waals surface area contributed by atoms with Gasteiger partial charge in [-0.3, -0.25) is 0 Å². The largest absolute Gasteiger partial charge is 0.362 e. The van der Waals surface area contributed by atoms with Gasteiger partial charge < -0.3 is 4.90 Å². The van der Waals surface area contributed by atoms with Crippen molar-refractivity contribution in [3.63, 3.8) is 0 Å². The van der Waals surface area contributed by atoms with Crippen LogP contribution in [0.4, 0.5) is 5.69 Å². The molecule has 4 rings (SSSR count). The molecule has 134 valence electrons. The average Bonchev–Trinajstić information content (AvgIpc) is 3.33. The molecule has 0 saturated carbocycles. The SMILES string of the molecule is O=S(=O)(NC[C@H](c1cccs1)N1CCc2ccccc21)c1ccccc1. The van der Waals surface area contributed by atoms with Gasteiger partial charge in [-0.25, -0.2) is 13.1 Å². The van der Waals surface area contributed by atoms with Crippen molar-refractivity contribution in [2.45, 2.75) is 17.4 Å². The fourth-order valence-electron chi connectivity index (χ4n) is 3.40. The molecular weight excluding hydrogens is 364 g/mol. The van der Waals surface area contributed by atoms with Crippen LogP contribution in [0.5, 0.6) is 0 Å². The lowest BCUT2D eigenvalue weighted by Gasteiger charge is -2.30. The van der Waals surface area contributed by atoms with E-state index in [-0.39, 0.29) is 6.04 Å². The summed E-state index contributed by atoms with van der Waals surface area (Å²) in [6, 6.07) is 21.0. The molecule has 4 nitrogen and oxygen atoms in total. The summed E-state index contributed by atoms with van der Waals surface area (Å²) in [5.74, 6) is 0. The molecular formula is C20H20N2O2S2. The lowest BCUT2D eigenvalue weighted by Crippen LogP contribution is -2.37. The number of nitrogens with one attached hydrogen (secondary N) is 1. The van der Waals surface area contributed by atoms with Crippen LogP contribution in [0.25, 0.3) is 0 Å². The summed E-state index contributed by atoms with van der Waals surface area (Å²) in [7, 11) is -3.53. The number of anilines is 1. The number of thiophene rings is 1. The van der Waals surface area contributed by atoms with Gasteiger partial charge in [0.1, 0.15) is 0 Å². The summed E-state index contributed by atoms with van der Waals surface area (Å²) in [5, 5.41) is 2.04. The molecule has 1 atom stereocenters. The second kappa shape index (κ2) is 7.23. The molecule has 0 saturated heterocycles. The Labute approximate surface area is 158 Å². The Morgan fingerprint density at radius 3 is 2.54 bits per heavy atom. The highest BCUT2D eigenvalue weighted by molar-refractivity contribution is 7.89. The van der Waals surface area contributed by atoms with Gasteiger partial charge in [0.2, 0.25) is 10.0 Å². The first-order chi connectivity index (χ1) is 12.6. The maximum absolute atomic E-state index is 12.6. The summed E-state index contributed by atoms with van der Waals surface area (Å²) in [6.45, 7) is 1.24. The zero-order valence-electron chi connectivity index (χ0n) is 14.2. The summed E-state index contributed by atoms with van der Waals surface area (Å²) >= 11 is 1.66. The fraction of sp³-hybridized carbons (Fsp3) is 0.200. The van der Waals surface area contributed by atoms with Gasteiger partial charge in [-0.05, 0) is 41.6 Å². The van der Waals surface area contributed by atoms with Crippen molar-refractivity contribution in [1.82, 2.24) is 4.72 Å². The van der Waals surface area contributed by atoms with Gasteiger partial charge in [0, 0.05) is 23.7 Å². The summed E-state index contributed by atoms with van der Waals surface area (Å²) < 4.78 is 28.1. The van der Waals surface area contributed by atoms with Crippen LogP contribution in [0.3, 0.4) is 0 Å². The van der Waals surface area contributed by atoms with Crippen molar-refractivity contribution >= 4 is 27.0 Å². The third-order valence-electron chi connectivity index (χ3n) is 4.69. The highest BCUT2D eigenvalue weighted by Gasteiger charge is 2.29. The van der Waals surface area contributed by atoms with Gasteiger partial charge in [-0.2, -0.15) is 0 Å². The van der Waals surface area contributed by atoms with E-state index < -0.39 is 10.0 Å². The van der Waals surface area contributed by atoms with Crippen LogP contribution in [-0.2, 0) is 16.4 Å². The van der Waals surface area contributed by atoms with Gasteiger partial charge >= 0.3 is 0 Å². The number of benzene rings is 2. The van der Waals surface area contributed by atoms with E-state index in [0.29, 0.717) is 11.4 Å². The van der Waals surface area contributed by atoms with Crippen molar-refractivity contribution in [3.8, 4) is 0 Å². The number of hydrogen-bond acceptors (Lipinski definition) is 4. The molecule has 6 heteroatoms. The predicted octanol–water partition coefficient (Wildman–Crippen LogP) is 3.83. The zero-order valence-corrected chi connectivity index (χ0v) is 15.8. The van der Waals surface area contributed by atoms with Crippen molar-refractivity contribution < 1.29 is 8.42 Å². The normalized spacial score (nSPS) is 15.0. The van der Waals surface area contributed by atoms with Crippen molar-refractivity contribution in [2.24, 2.45) is 0 Å². The molecule has 3 aromatic rings. The van der Waals surface area contributed by atoms with Crippen LogP contribution < -0.4 is 9.62 Å². The summed E-state index contributed by atoms with van der Waals surface area (Å²) in [6.07, 6.45) is 0.990. The Morgan fingerprint density at radius 1 is 1.00 bits per heavy atom. The van der Waals surface area contributed by atoms with Crippen LogP contribution in [0.2, 0.25) is 0 Å². The lowest BCUT2D eigenvalue weighted by atomic mass is 10.1.